The molecule has 0 bridgehead atoms. The van der Waals surface area contributed by atoms with Gasteiger partial charge in [0.2, 0.25) is 0 Å². The molecule has 0 heterocycles. The second-order valence-corrected chi connectivity index (χ2v) is 4.13. The Hall–Kier alpha value is -1.53. The molecule has 1 saturated carbocycles. The molecular formula is C13H15NO2. The highest BCUT2D eigenvalue weighted by Crippen LogP contribution is 2.24. The number of hydrogen-bond donors (Lipinski definition) is 1. The number of aliphatic hydroxyl groups excluding tert-OH is 1. The standard InChI is InChI=1S/C13H15NO2/c14-9-8-10-4-6-11(7-5-10)16-13-3-1-2-12(13)15/h4-7,12-13,15H,1-3,8H2. The van der Waals surface area contributed by atoms with Gasteiger partial charge in [-0.2, -0.15) is 5.26 Å². The molecule has 16 heavy (non-hydrogen) atoms. The van der Waals surface area contributed by atoms with Crippen molar-refractivity contribution >= 4 is 0 Å². The van der Waals surface area contributed by atoms with Crippen LogP contribution in [0.4, 0.5) is 0 Å². The van der Waals surface area contributed by atoms with Crippen molar-refractivity contribution in [1.29, 1.82) is 5.26 Å². The molecule has 0 aliphatic heterocycles. The second-order valence-electron chi connectivity index (χ2n) is 4.13. The molecule has 2 rings (SSSR count). The smallest absolute Gasteiger partial charge is 0.124 e. The number of nitriles is 1. The maximum Gasteiger partial charge on any atom is 0.124 e. The van der Waals surface area contributed by atoms with E-state index in [-0.39, 0.29) is 12.2 Å². The van der Waals surface area contributed by atoms with Crippen molar-refractivity contribution in [3.63, 3.8) is 0 Å². The molecule has 1 fully saturated rings. The number of benzene rings is 1. The first-order valence-electron chi connectivity index (χ1n) is 5.60. The van der Waals surface area contributed by atoms with E-state index in [0.717, 1.165) is 30.6 Å². The maximum absolute atomic E-state index is 9.62. The van der Waals surface area contributed by atoms with Gasteiger partial charge in [-0.1, -0.05) is 12.1 Å². The van der Waals surface area contributed by atoms with Gasteiger partial charge >= 0.3 is 0 Å². The van der Waals surface area contributed by atoms with Gasteiger partial charge in [-0.05, 0) is 37.0 Å². The van der Waals surface area contributed by atoms with Crippen LogP contribution in [0.5, 0.6) is 5.75 Å². The summed E-state index contributed by atoms with van der Waals surface area (Å²) >= 11 is 0. The summed E-state index contributed by atoms with van der Waals surface area (Å²) in [5.74, 6) is 0.771. The third-order valence-electron chi connectivity index (χ3n) is 2.91. The fraction of sp³-hybridized carbons (Fsp3) is 0.462. The lowest BCUT2D eigenvalue weighted by Crippen LogP contribution is -2.25. The molecule has 0 amide bonds. The Bertz CT molecular complexity index is 380. The summed E-state index contributed by atoms with van der Waals surface area (Å²) in [5.41, 5.74) is 0.988. The molecule has 0 spiro atoms. The van der Waals surface area contributed by atoms with Crippen molar-refractivity contribution in [2.24, 2.45) is 0 Å². The lowest BCUT2D eigenvalue weighted by molar-refractivity contribution is 0.0604. The van der Waals surface area contributed by atoms with Crippen molar-refractivity contribution in [1.82, 2.24) is 0 Å². The van der Waals surface area contributed by atoms with Crippen LogP contribution in [0.1, 0.15) is 24.8 Å². The largest absolute Gasteiger partial charge is 0.488 e. The van der Waals surface area contributed by atoms with E-state index in [1.165, 1.54) is 0 Å². The summed E-state index contributed by atoms with van der Waals surface area (Å²) in [7, 11) is 0. The Labute approximate surface area is 95.3 Å². The van der Waals surface area contributed by atoms with Gasteiger partial charge in [0, 0.05) is 0 Å². The Balaban J connectivity index is 1.97. The number of rotatable bonds is 3. The Morgan fingerprint density at radius 3 is 2.62 bits per heavy atom. The summed E-state index contributed by atoms with van der Waals surface area (Å²) in [6.45, 7) is 0. The second kappa shape index (κ2) is 5.00. The third-order valence-corrected chi connectivity index (χ3v) is 2.91. The molecule has 3 nitrogen and oxygen atoms in total. The minimum atomic E-state index is -0.334. The minimum Gasteiger partial charge on any atom is -0.488 e. The number of aliphatic hydroxyl groups is 1. The molecule has 2 unspecified atom stereocenters. The monoisotopic (exact) mass is 217 g/mol. The van der Waals surface area contributed by atoms with Crippen molar-refractivity contribution in [3.05, 3.63) is 29.8 Å². The first kappa shape index (κ1) is 11.0. The van der Waals surface area contributed by atoms with E-state index in [9.17, 15) is 5.11 Å². The molecular weight excluding hydrogens is 202 g/mol. The van der Waals surface area contributed by atoms with Gasteiger partial charge in [-0.25, -0.2) is 0 Å². The molecule has 1 aromatic carbocycles. The zero-order chi connectivity index (χ0) is 11.4. The lowest BCUT2D eigenvalue weighted by atomic mass is 10.1. The van der Waals surface area contributed by atoms with E-state index in [1.807, 2.05) is 24.3 Å². The molecule has 0 aromatic heterocycles. The molecule has 1 aromatic rings. The Kier molecular flexibility index (Phi) is 3.43. The molecule has 84 valence electrons. The summed E-state index contributed by atoms with van der Waals surface area (Å²) < 4.78 is 5.69. The average Bonchev–Trinajstić information content (AvgIpc) is 2.68. The van der Waals surface area contributed by atoms with E-state index in [2.05, 4.69) is 6.07 Å². The van der Waals surface area contributed by atoms with Gasteiger partial charge in [0.1, 0.15) is 11.9 Å². The van der Waals surface area contributed by atoms with E-state index < -0.39 is 0 Å². The first-order chi connectivity index (χ1) is 7.79. The zero-order valence-corrected chi connectivity index (χ0v) is 9.10. The molecule has 0 saturated heterocycles. The SMILES string of the molecule is N#CCc1ccc(OC2CCCC2O)cc1. The van der Waals surface area contributed by atoms with Gasteiger partial charge in [0.25, 0.3) is 0 Å². The molecule has 0 radical (unpaired) electrons. The highest BCUT2D eigenvalue weighted by molar-refractivity contribution is 5.29. The van der Waals surface area contributed by atoms with E-state index >= 15 is 0 Å². The fourth-order valence-electron chi connectivity index (χ4n) is 2.00. The van der Waals surface area contributed by atoms with Crippen LogP contribution >= 0.6 is 0 Å². The highest BCUT2D eigenvalue weighted by Gasteiger charge is 2.26. The van der Waals surface area contributed by atoms with Crippen molar-refractivity contribution in [3.8, 4) is 11.8 Å². The molecule has 1 aliphatic carbocycles. The normalized spacial score (nSPS) is 24.0. The minimum absolute atomic E-state index is 0.0678. The quantitative estimate of drug-likeness (QED) is 0.843. The van der Waals surface area contributed by atoms with Gasteiger partial charge in [0.15, 0.2) is 0 Å². The summed E-state index contributed by atoms with van der Waals surface area (Å²) in [5, 5.41) is 18.2. The van der Waals surface area contributed by atoms with Crippen LogP contribution < -0.4 is 4.74 Å². The number of nitrogens with zero attached hydrogens (tertiary/aromatic N) is 1. The molecule has 3 heteroatoms. The van der Waals surface area contributed by atoms with Crippen LogP contribution in [0.2, 0.25) is 0 Å². The Morgan fingerprint density at radius 2 is 2.06 bits per heavy atom. The van der Waals surface area contributed by atoms with Crippen molar-refractivity contribution in [2.75, 3.05) is 0 Å². The van der Waals surface area contributed by atoms with Gasteiger partial charge < -0.3 is 9.84 Å². The van der Waals surface area contributed by atoms with E-state index in [0.29, 0.717) is 6.42 Å². The van der Waals surface area contributed by atoms with Crippen LogP contribution in [-0.2, 0) is 6.42 Å². The molecule has 1 aliphatic rings. The van der Waals surface area contributed by atoms with Crippen LogP contribution in [0, 0.1) is 11.3 Å². The van der Waals surface area contributed by atoms with Gasteiger partial charge in [0.05, 0.1) is 18.6 Å². The summed E-state index contributed by atoms with van der Waals surface area (Å²) in [6.07, 6.45) is 2.80. The highest BCUT2D eigenvalue weighted by atomic mass is 16.5. The zero-order valence-electron chi connectivity index (χ0n) is 9.10. The van der Waals surface area contributed by atoms with E-state index in [1.54, 1.807) is 0 Å². The summed E-state index contributed by atoms with van der Waals surface area (Å²) in [4.78, 5) is 0. The fourth-order valence-corrected chi connectivity index (χ4v) is 2.00. The Morgan fingerprint density at radius 1 is 1.31 bits per heavy atom. The predicted molar refractivity (Wildman–Crippen MR) is 60.0 cm³/mol. The topological polar surface area (TPSA) is 53.2 Å². The first-order valence-corrected chi connectivity index (χ1v) is 5.60. The van der Waals surface area contributed by atoms with Gasteiger partial charge in [-0.3, -0.25) is 0 Å². The van der Waals surface area contributed by atoms with Gasteiger partial charge in [-0.15, -0.1) is 0 Å². The number of ether oxygens (including phenoxy) is 1. The molecule has 2 atom stereocenters. The van der Waals surface area contributed by atoms with Crippen LogP contribution in [0.3, 0.4) is 0 Å². The van der Waals surface area contributed by atoms with Crippen LogP contribution in [-0.4, -0.2) is 17.3 Å². The van der Waals surface area contributed by atoms with E-state index in [4.69, 9.17) is 10.00 Å². The molecule has 1 N–H and O–H groups in total. The third kappa shape index (κ3) is 2.53. The predicted octanol–water partition coefficient (Wildman–Crippen LogP) is 2.04. The van der Waals surface area contributed by atoms with Crippen LogP contribution in [0.25, 0.3) is 0 Å². The number of hydrogen-bond acceptors (Lipinski definition) is 3. The lowest BCUT2D eigenvalue weighted by Gasteiger charge is -2.17. The summed E-state index contributed by atoms with van der Waals surface area (Å²) in [6, 6.07) is 9.60. The van der Waals surface area contributed by atoms with Crippen LogP contribution in [0.15, 0.2) is 24.3 Å². The average molecular weight is 217 g/mol. The maximum atomic E-state index is 9.62. The van der Waals surface area contributed by atoms with Crippen molar-refractivity contribution < 1.29 is 9.84 Å². The van der Waals surface area contributed by atoms with Crippen molar-refractivity contribution in [2.45, 2.75) is 37.9 Å².